The van der Waals surface area contributed by atoms with Crippen LogP contribution in [0.5, 0.6) is 17.2 Å². The van der Waals surface area contributed by atoms with Gasteiger partial charge in [-0.1, -0.05) is 30.3 Å². The van der Waals surface area contributed by atoms with E-state index in [1.165, 1.54) is 22.7 Å². The molecule has 0 radical (unpaired) electrons. The average Bonchev–Trinajstić information content (AvgIpc) is 3.53. The molecule has 8 nitrogen and oxygen atoms in total. The number of aromatic amines is 1. The lowest BCUT2D eigenvalue weighted by atomic mass is 9.98. The Morgan fingerprint density at radius 2 is 1.71 bits per heavy atom. The normalized spacial score (nSPS) is 12.3. The number of benzene rings is 3. The van der Waals surface area contributed by atoms with Crippen LogP contribution in [0, 0.1) is 0 Å². The van der Waals surface area contributed by atoms with E-state index in [4.69, 9.17) is 14.2 Å². The summed E-state index contributed by atoms with van der Waals surface area (Å²) in [6.45, 7) is 0. The van der Waals surface area contributed by atoms with Crippen molar-refractivity contribution in [3.8, 4) is 28.5 Å². The quantitative estimate of drug-likeness (QED) is 0.322. The Kier molecular flexibility index (Phi) is 5.63. The van der Waals surface area contributed by atoms with E-state index in [9.17, 15) is 4.79 Å². The number of hydrazone groups is 1. The maximum Gasteiger partial charge on any atom is 0.289 e. The number of amides is 1. The number of nitrogens with one attached hydrogen (secondary N) is 2. The van der Waals surface area contributed by atoms with Crippen molar-refractivity contribution in [2.24, 2.45) is 5.10 Å². The summed E-state index contributed by atoms with van der Waals surface area (Å²) in [6, 6.07) is 15.7. The topological polar surface area (TPSA) is 97.8 Å². The Balaban J connectivity index is 1.36. The van der Waals surface area contributed by atoms with Crippen LogP contribution in [0.2, 0.25) is 0 Å². The van der Waals surface area contributed by atoms with Crippen LogP contribution >= 0.6 is 0 Å². The van der Waals surface area contributed by atoms with Gasteiger partial charge in [0.05, 0.1) is 33.2 Å². The molecule has 0 spiro atoms. The van der Waals surface area contributed by atoms with Crippen molar-refractivity contribution < 1.29 is 19.0 Å². The van der Waals surface area contributed by atoms with E-state index < -0.39 is 5.91 Å². The van der Waals surface area contributed by atoms with Crippen molar-refractivity contribution >= 4 is 22.9 Å². The number of carbonyl (C=O) groups excluding carboxylic acids is 1. The van der Waals surface area contributed by atoms with Crippen LogP contribution in [0.15, 0.2) is 53.6 Å². The number of hydrogen-bond donors (Lipinski definition) is 2. The summed E-state index contributed by atoms with van der Waals surface area (Å²) < 4.78 is 16.0. The molecule has 3 aromatic carbocycles. The first-order chi connectivity index (χ1) is 16.6. The fourth-order valence-electron chi connectivity index (χ4n) is 4.42. The predicted molar refractivity (Wildman–Crippen MR) is 130 cm³/mol. The Hall–Kier alpha value is -4.33. The highest BCUT2D eigenvalue weighted by Crippen LogP contribution is 2.37. The van der Waals surface area contributed by atoms with Crippen molar-refractivity contribution in [2.45, 2.75) is 12.8 Å². The van der Waals surface area contributed by atoms with Gasteiger partial charge in [-0.05, 0) is 46.9 Å². The van der Waals surface area contributed by atoms with Crippen LogP contribution < -0.4 is 19.6 Å². The fraction of sp³-hybridized carbons (Fsp3) is 0.192. The minimum atomic E-state index is -0.402. The van der Waals surface area contributed by atoms with Crippen LogP contribution in [0.1, 0.15) is 27.2 Å². The van der Waals surface area contributed by atoms with Gasteiger partial charge >= 0.3 is 0 Å². The highest BCUT2D eigenvalue weighted by atomic mass is 16.5. The molecule has 0 aliphatic heterocycles. The van der Waals surface area contributed by atoms with Crippen LogP contribution in [0.3, 0.4) is 0 Å². The molecule has 8 heteroatoms. The average molecular weight is 457 g/mol. The summed E-state index contributed by atoms with van der Waals surface area (Å²) in [5.74, 6) is 1.19. The third-order valence-electron chi connectivity index (χ3n) is 6.08. The van der Waals surface area contributed by atoms with E-state index in [0.29, 0.717) is 34.2 Å². The molecule has 0 saturated carbocycles. The van der Waals surface area contributed by atoms with Crippen molar-refractivity contribution in [3.05, 3.63) is 70.9 Å². The van der Waals surface area contributed by atoms with Crippen molar-refractivity contribution in [3.63, 3.8) is 0 Å². The third-order valence-corrected chi connectivity index (χ3v) is 6.08. The highest BCUT2D eigenvalue weighted by Gasteiger charge is 2.18. The Morgan fingerprint density at radius 3 is 2.47 bits per heavy atom. The molecule has 2 N–H and O–H groups in total. The molecule has 1 aromatic heterocycles. The molecule has 1 aliphatic carbocycles. The van der Waals surface area contributed by atoms with Crippen molar-refractivity contribution in [1.29, 1.82) is 0 Å². The second-order valence-corrected chi connectivity index (χ2v) is 7.93. The van der Waals surface area contributed by atoms with Gasteiger partial charge in [-0.3, -0.25) is 9.89 Å². The zero-order chi connectivity index (χ0) is 23.7. The largest absolute Gasteiger partial charge is 0.496 e. The first-order valence-electron chi connectivity index (χ1n) is 10.9. The lowest BCUT2D eigenvalue weighted by molar-refractivity contribution is 0.0950. The summed E-state index contributed by atoms with van der Waals surface area (Å²) in [4.78, 5) is 12.7. The molecular formula is C26H24N4O4. The Labute approximate surface area is 196 Å². The summed E-state index contributed by atoms with van der Waals surface area (Å²) >= 11 is 0. The molecule has 5 rings (SSSR count). The number of ether oxygens (including phenoxy) is 3. The van der Waals surface area contributed by atoms with Crippen LogP contribution in [0.4, 0.5) is 0 Å². The number of aryl methyl sites for hydroxylation is 2. The van der Waals surface area contributed by atoms with E-state index in [2.05, 4.69) is 51.1 Å². The molecule has 0 unspecified atom stereocenters. The number of rotatable bonds is 7. The maximum absolute atomic E-state index is 12.7. The second kappa shape index (κ2) is 8.90. The van der Waals surface area contributed by atoms with Gasteiger partial charge in [0.2, 0.25) is 0 Å². The predicted octanol–water partition coefficient (Wildman–Crippen LogP) is 4.12. The van der Waals surface area contributed by atoms with Gasteiger partial charge in [-0.15, -0.1) is 0 Å². The van der Waals surface area contributed by atoms with E-state index in [1.54, 1.807) is 39.5 Å². The zero-order valence-electron chi connectivity index (χ0n) is 19.1. The van der Waals surface area contributed by atoms with E-state index in [-0.39, 0.29) is 0 Å². The summed E-state index contributed by atoms with van der Waals surface area (Å²) in [7, 11) is 4.64. The van der Waals surface area contributed by atoms with Gasteiger partial charge < -0.3 is 14.2 Å². The highest BCUT2D eigenvalue weighted by molar-refractivity contribution is 6.02. The number of hydrogen-bond acceptors (Lipinski definition) is 6. The number of nitrogens with zero attached hydrogens (tertiary/aromatic N) is 2. The summed E-state index contributed by atoms with van der Waals surface area (Å²) in [5.41, 5.74) is 7.90. The minimum Gasteiger partial charge on any atom is -0.496 e. The fourth-order valence-corrected chi connectivity index (χ4v) is 4.42. The number of H-pyrrole nitrogens is 1. The molecule has 1 heterocycles. The Bertz CT molecular complexity index is 1410. The smallest absolute Gasteiger partial charge is 0.289 e. The molecule has 172 valence electrons. The third kappa shape index (κ3) is 3.73. The van der Waals surface area contributed by atoms with Gasteiger partial charge in [0.15, 0.2) is 11.5 Å². The first kappa shape index (κ1) is 21.5. The summed E-state index contributed by atoms with van der Waals surface area (Å²) in [6.07, 6.45) is 3.61. The SMILES string of the molecule is COc1cc(OC)c(OC)cc1/C=N/NC(=O)c1cc(-c2ccc3c4c(cccc24)CC3)n[nH]1. The standard InChI is InChI=1S/C26H24N4O4/c1-32-22-13-24(34-3)23(33-2)11-17(22)14-27-30-26(31)21-12-20(28-29-21)18-10-9-16-8-7-15-5-4-6-19(18)25(15)16/h4-6,9-14H,7-8H2,1-3H3,(H,28,29)(H,30,31)/b27-14+. The molecule has 0 atom stereocenters. The van der Waals surface area contributed by atoms with Crippen LogP contribution in [-0.4, -0.2) is 43.6 Å². The number of aromatic nitrogens is 2. The van der Waals surface area contributed by atoms with Gasteiger partial charge in [0.25, 0.3) is 5.91 Å². The molecule has 0 saturated heterocycles. The van der Waals surface area contributed by atoms with Gasteiger partial charge in [-0.25, -0.2) is 5.43 Å². The number of carbonyl (C=O) groups is 1. The number of methoxy groups -OCH3 is 3. The van der Waals surface area contributed by atoms with E-state index >= 15 is 0 Å². The lowest BCUT2D eigenvalue weighted by Gasteiger charge is -2.11. The molecule has 0 fully saturated rings. The molecule has 34 heavy (non-hydrogen) atoms. The second-order valence-electron chi connectivity index (χ2n) is 7.93. The molecule has 0 bridgehead atoms. The van der Waals surface area contributed by atoms with E-state index in [1.807, 2.05) is 0 Å². The molecule has 4 aromatic rings. The van der Waals surface area contributed by atoms with Crippen LogP contribution in [0.25, 0.3) is 22.0 Å². The summed E-state index contributed by atoms with van der Waals surface area (Å²) in [5, 5.41) is 13.7. The molecule has 1 aliphatic rings. The Morgan fingerprint density at radius 1 is 0.971 bits per heavy atom. The molecular weight excluding hydrogens is 432 g/mol. The minimum absolute atomic E-state index is 0.315. The first-order valence-corrected chi connectivity index (χ1v) is 10.9. The van der Waals surface area contributed by atoms with Gasteiger partial charge in [0.1, 0.15) is 11.4 Å². The van der Waals surface area contributed by atoms with Crippen molar-refractivity contribution in [1.82, 2.24) is 15.6 Å². The lowest BCUT2D eigenvalue weighted by Crippen LogP contribution is -2.18. The van der Waals surface area contributed by atoms with Gasteiger partial charge in [-0.2, -0.15) is 10.2 Å². The maximum atomic E-state index is 12.7. The molecule has 1 amide bonds. The monoisotopic (exact) mass is 456 g/mol. The van der Waals surface area contributed by atoms with Gasteiger partial charge in [0, 0.05) is 17.2 Å². The van der Waals surface area contributed by atoms with Crippen LogP contribution in [-0.2, 0) is 12.8 Å². The zero-order valence-corrected chi connectivity index (χ0v) is 19.1. The van der Waals surface area contributed by atoms with Crippen molar-refractivity contribution in [2.75, 3.05) is 21.3 Å². The van der Waals surface area contributed by atoms with E-state index in [0.717, 1.165) is 23.8 Å².